The average molecular weight is 227 g/mol. The van der Waals surface area contributed by atoms with Crippen molar-refractivity contribution in [3.05, 3.63) is 53.9 Å². The largest absolute Gasteiger partial charge is 0.398 e. The van der Waals surface area contributed by atoms with Gasteiger partial charge in [0.05, 0.1) is 5.56 Å². The van der Waals surface area contributed by atoms with E-state index in [1.165, 1.54) is 6.20 Å². The van der Waals surface area contributed by atoms with Gasteiger partial charge in [-0.15, -0.1) is 0 Å². The van der Waals surface area contributed by atoms with Gasteiger partial charge in [-0.2, -0.15) is 0 Å². The zero-order chi connectivity index (χ0) is 12.3. The first-order valence-corrected chi connectivity index (χ1v) is 5.24. The van der Waals surface area contributed by atoms with Crippen LogP contribution in [0.5, 0.6) is 0 Å². The number of nitrogens with two attached hydrogens (primary N) is 1. The van der Waals surface area contributed by atoms with Crippen molar-refractivity contribution in [1.82, 2.24) is 4.98 Å². The number of carbonyl (C=O) groups is 1. The molecule has 1 heterocycles. The van der Waals surface area contributed by atoms with Crippen LogP contribution in [-0.2, 0) is 0 Å². The molecule has 0 unspecified atom stereocenters. The van der Waals surface area contributed by atoms with Gasteiger partial charge < -0.3 is 11.1 Å². The first-order valence-electron chi connectivity index (χ1n) is 5.24. The summed E-state index contributed by atoms with van der Waals surface area (Å²) in [5.74, 6) is -0.251. The summed E-state index contributed by atoms with van der Waals surface area (Å²) in [6, 6.07) is 9.16. The van der Waals surface area contributed by atoms with Crippen LogP contribution in [0, 0.1) is 6.92 Å². The molecule has 1 aromatic carbocycles. The molecule has 0 fully saturated rings. The monoisotopic (exact) mass is 227 g/mol. The molecule has 0 aliphatic heterocycles. The number of aryl methyl sites for hydroxylation is 1. The third kappa shape index (κ3) is 2.60. The van der Waals surface area contributed by atoms with Gasteiger partial charge in [0, 0.05) is 23.8 Å². The Hall–Kier alpha value is -2.36. The Kier molecular flexibility index (Phi) is 3.05. The number of aromatic nitrogens is 1. The molecular formula is C13H13N3O. The Morgan fingerprint density at radius 1 is 1.24 bits per heavy atom. The summed E-state index contributed by atoms with van der Waals surface area (Å²) < 4.78 is 0. The van der Waals surface area contributed by atoms with E-state index in [1.54, 1.807) is 12.3 Å². The number of nitrogen functional groups attached to an aromatic ring is 1. The third-order valence-corrected chi connectivity index (χ3v) is 2.41. The van der Waals surface area contributed by atoms with Crippen LogP contribution in [0.25, 0.3) is 0 Å². The van der Waals surface area contributed by atoms with Crippen molar-refractivity contribution >= 4 is 17.3 Å². The van der Waals surface area contributed by atoms with Gasteiger partial charge in [-0.3, -0.25) is 9.78 Å². The predicted molar refractivity (Wildman–Crippen MR) is 67.8 cm³/mol. The number of carbonyl (C=O) groups excluding carboxylic acids is 1. The summed E-state index contributed by atoms with van der Waals surface area (Å²) in [4.78, 5) is 15.8. The minimum Gasteiger partial charge on any atom is -0.398 e. The molecule has 0 radical (unpaired) electrons. The average Bonchev–Trinajstić information content (AvgIpc) is 2.32. The minimum absolute atomic E-state index is 0.251. The number of anilines is 2. The standard InChI is InChI=1S/C13H13N3O/c1-9-2-4-10(5-3-9)16-13(17)11-8-15-7-6-12(11)14/h2-8H,1H3,(H2,14,15)(H,16,17). The maximum absolute atomic E-state index is 11.9. The fourth-order valence-corrected chi connectivity index (χ4v) is 1.43. The number of rotatable bonds is 2. The quantitative estimate of drug-likeness (QED) is 0.826. The molecule has 1 aromatic heterocycles. The second-order valence-electron chi connectivity index (χ2n) is 3.78. The second-order valence-corrected chi connectivity index (χ2v) is 3.78. The van der Waals surface area contributed by atoms with Crippen molar-refractivity contribution in [2.24, 2.45) is 0 Å². The molecule has 17 heavy (non-hydrogen) atoms. The molecule has 3 N–H and O–H groups in total. The lowest BCUT2D eigenvalue weighted by Gasteiger charge is -2.06. The van der Waals surface area contributed by atoms with Crippen LogP contribution >= 0.6 is 0 Å². The Labute approximate surface area is 99.5 Å². The molecule has 86 valence electrons. The summed E-state index contributed by atoms with van der Waals surface area (Å²) in [6.45, 7) is 1.99. The van der Waals surface area contributed by atoms with Gasteiger partial charge in [-0.05, 0) is 25.1 Å². The number of pyridine rings is 1. The van der Waals surface area contributed by atoms with E-state index in [0.29, 0.717) is 11.3 Å². The van der Waals surface area contributed by atoms with E-state index in [-0.39, 0.29) is 5.91 Å². The molecule has 0 aliphatic carbocycles. The fraction of sp³-hybridized carbons (Fsp3) is 0.0769. The molecule has 0 saturated carbocycles. The van der Waals surface area contributed by atoms with Gasteiger partial charge in [-0.1, -0.05) is 17.7 Å². The van der Waals surface area contributed by atoms with Crippen LogP contribution < -0.4 is 11.1 Å². The summed E-state index contributed by atoms with van der Waals surface area (Å²) in [7, 11) is 0. The van der Waals surface area contributed by atoms with Crippen LogP contribution in [0.1, 0.15) is 15.9 Å². The maximum Gasteiger partial charge on any atom is 0.259 e. The first kappa shape index (κ1) is 11.1. The van der Waals surface area contributed by atoms with Crippen molar-refractivity contribution in [2.45, 2.75) is 6.92 Å². The van der Waals surface area contributed by atoms with Gasteiger partial charge in [0.25, 0.3) is 5.91 Å². The molecular weight excluding hydrogens is 214 g/mol. The Balaban J connectivity index is 2.17. The second kappa shape index (κ2) is 4.65. The predicted octanol–water partition coefficient (Wildman–Crippen LogP) is 2.22. The summed E-state index contributed by atoms with van der Waals surface area (Å²) in [5, 5.41) is 2.77. The van der Waals surface area contributed by atoms with E-state index in [2.05, 4.69) is 10.3 Å². The van der Waals surface area contributed by atoms with E-state index in [1.807, 2.05) is 31.2 Å². The zero-order valence-electron chi connectivity index (χ0n) is 9.47. The van der Waals surface area contributed by atoms with Crippen LogP contribution in [0.15, 0.2) is 42.7 Å². The van der Waals surface area contributed by atoms with Crippen LogP contribution in [0.4, 0.5) is 11.4 Å². The highest BCUT2D eigenvalue weighted by molar-refractivity contribution is 6.07. The number of benzene rings is 1. The lowest BCUT2D eigenvalue weighted by molar-refractivity contribution is 0.102. The summed E-state index contributed by atoms with van der Waals surface area (Å²) in [6.07, 6.45) is 3.01. The summed E-state index contributed by atoms with van der Waals surface area (Å²) in [5.41, 5.74) is 8.38. The molecule has 1 amide bonds. The van der Waals surface area contributed by atoms with Gasteiger partial charge in [0.15, 0.2) is 0 Å². The topological polar surface area (TPSA) is 68.0 Å². The van der Waals surface area contributed by atoms with Crippen molar-refractivity contribution in [3.8, 4) is 0 Å². The van der Waals surface area contributed by atoms with E-state index in [0.717, 1.165) is 11.3 Å². The molecule has 0 bridgehead atoms. The number of nitrogens with zero attached hydrogens (tertiary/aromatic N) is 1. The molecule has 4 heteroatoms. The van der Waals surface area contributed by atoms with Crippen LogP contribution in [-0.4, -0.2) is 10.9 Å². The highest BCUT2D eigenvalue weighted by atomic mass is 16.1. The van der Waals surface area contributed by atoms with Crippen molar-refractivity contribution in [3.63, 3.8) is 0 Å². The third-order valence-electron chi connectivity index (χ3n) is 2.41. The highest BCUT2D eigenvalue weighted by Gasteiger charge is 2.09. The molecule has 0 spiro atoms. The molecule has 2 aromatic rings. The Bertz CT molecular complexity index is 535. The van der Waals surface area contributed by atoms with Crippen LogP contribution in [0.3, 0.4) is 0 Å². The number of nitrogens with one attached hydrogen (secondary N) is 1. The van der Waals surface area contributed by atoms with E-state index in [4.69, 9.17) is 5.73 Å². The Morgan fingerprint density at radius 2 is 1.94 bits per heavy atom. The molecule has 2 rings (SSSR count). The van der Waals surface area contributed by atoms with Gasteiger partial charge >= 0.3 is 0 Å². The van der Waals surface area contributed by atoms with E-state index in [9.17, 15) is 4.79 Å². The fourth-order valence-electron chi connectivity index (χ4n) is 1.43. The SMILES string of the molecule is Cc1ccc(NC(=O)c2cnccc2N)cc1. The molecule has 0 saturated heterocycles. The van der Waals surface area contributed by atoms with Gasteiger partial charge in [-0.25, -0.2) is 0 Å². The highest BCUT2D eigenvalue weighted by Crippen LogP contribution is 2.13. The number of hydrogen-bond donors (Lipinski definition) is 2. The van der Waals surface area contributed by atoms with E-state index >= 15 is 0 Å². The number of amides is 1. The zero-order valence-corrected chi connectivity index (χ0v) is 9.47. The number of hydrogen-bond acceptors (Lipinski definition) is 3. The molecule has 0 aliphatic rings. The smallest absolute Gasteiger partial charge is 0.259 e. The minimum atomic E-state index is -0.251. The maximum atomic E-state index is 11.9. The first-order chi connectivity index (χ1) is 8.16. The Morgan fingerprint density at radius 3 is 2.59 bits per heavy atom. The van der Waals surface area contributed by atoms with Gasteiger partial charge in [0.2, 0.25) is 0 Å². The molecule has 4 nitrogen and oxygen atoms in total. The molecule has 0 atom stereocenters. The summed E-state index contributed by atoms with van der Waals surface area (Å²) >= 11 is 0. The van der Waals surface area contributed by atoms with E-state index < -0.39 is 0 Å². The normalized spacial score (nSPS) is 9.94. The van der Waals surface area contributed by atoms with Crippen molar-refractivity contribution < 1.29 is 4.79 Å². The van der Waals surface area contributed by atoms with Gasteiger partial charge in [0.1, 0.15) is 0 Å². The van der Waals surface area contributed by atoms with Crippen molar-refractivity contribution in [2.75, 3.05) is 11.1 Å². The lowest BCUT2D eigenvalue weighted by Crippen LogP contribution is -2.14. The van der Waals surface area contributed by atoms with Crippen molar-refractivity contribution in [1.29, 1.82) is 0 Å². The lowest BCUT2D eigenvalue weighted by atomic mass is 10.2. The van der Waals surface area contributed by atoms with Crippen LogP contribution in [0.2, 0.25) is 0 Å².